The van der Waals surface area contributed by atoms with E-state index < -0.39 is 27.0 Å². The van der Waals surface area contributed by atoms with Gasteiger partial charge in [-0.1, -0.05) is 309 Å². The number of benzene rings is 11. The van der Waals surface area contributed by atoms with Gasteiger partial charge in [-0.25, -0.2) is 0 Å². The molecule has 0 unspecified atom stereocenters. The molecule has 11 aromatic carbocycles. The zero-order valence-corrected chi connectivity index (χ0v) is 43.5. The van der Waals surface area contributed by atoms with Gasteiger partial charge in [0.05, 0.1) is 10.8 Å². The number of rotatable bonds is 9. The number of fused-ring (bicyclic) bond motifs is 5. The van der Waals surface area contributed by atoms with Crippen LogP contribution in [0.5, 0.6) is 0 Å². The second-order valence-corrected chi connectivity index (χ2v) is 27.5. The fourth-order valence-electron chi connectivity index (χ4n) is 14.2. The molecule has 0 spiro atoms. The first-order valence-electron chi connectivity index (χ1n) is 26.3. The molecule has 0 saturated carbocycles. The van der Waals surface area contributed by atoms with Crippen molar-refractivity contribution in [3.63, 3.8) is 0 Å². The molecule has 0 fully saturated rings. The van der Waals surface area contributed by atoms with Gasteiger partial charge < -0.3 is 4.57 Å². The minimum atomic E-state index is -3.52. The molecular weight excluding hydrogens is 935 g/mol. The molecule has 2 aliphatic heterocycles. The molecule has 0 radical (unpaired) electrons. The molecule has 12 aromatic rings. The van der Waals surface area contributed by atoms with Crippen LogP contribution < -0.4 is 41.8 Å². The molecule has 0 bridgehead atoms. The van der Waals surface area contributed by atoms with Crippen molar-refractivity contribution in [3.05, 3.63) is 366 Å². The van der Waals surface area contributed by atoms with E-state index in [9.17, 15) is 0 Å². The molecule has 14 rings (SSSR count). The molecule has 354 valence electrons. The maximum absolute atomic E-state index is 3.52. The predicted molar refractivity (Wildman–Crippen MR) is 317 cm³/mol. The summed E-state index contributed by atoms with van der Waals surface area (Å²) in [6, 6.07) is 124. The van der Waals surface area contributed by atoms with Crippen LogP contribution in [0.2, 0.25) is 0 Å². The lowest BCUT2D eigenvalue weighted by atomic mass is 9.58. The Morgan fingerprint density at radius 3 is 0.733 bits per heavy atom. The third-order valence-electron chi connectivity index (χ3n) is 16.8. The average Bonchev–Trinajstić information content (AvgIpc) is 3.87. The van der Waals surface area contributed by atoms with E-state index in [1.54, 1.807) is 0 Å². The Morgan fingerprint density at radius 2 is 0.453 bits per heavy atom. The Hall–Kier alpha value is -8.87. The highest BCUT2D eigenvalue weighted by Gasteiger charge is 2.66. The van der Waals surface area contributed by atoms with Crippen molar-refractivity contribution in [2.24, 2.45) is 0 Å². The number of hydrogen-bond donors (Lipinski definition) is 0. The fourth-order valence-corrected chi connectivity index (χ4v) is 25.2. The van der Waals surface area contributed by atoms with Gasteiger partial charge in [-0.15, -0.1) is 0 Å². The van der Waals surface area contributed by atoms with Crippen LogP contribution in [0.4, 0.5) is 0 Å². The normalized spacial score (nSPS) is 15.1. The zero-order valence-electron chi connectivity index (χ0n) is 41.5. The summed E-state index contributed by atoms with van der Waals surface area (Å²) < 4.78 is 2.91. The molecule has 0 saturated heterocycles. The van der Waals surface area contributed by atoms with E-state index in [-0.39, 0.29) is 0 Å². The summed E-state index contributed by atoms with van der Waals surface area (Å²) in [7, 11) is -7.04. The number of nitrogens with zero attached hydrogens (tertiary/aromatic N) is 1. The summed E-state index contributed by atoms with van der Waals surface area (Å²) in [5.41, 5.74) is 9.77. The molecule has 0 aliphatic carbocycles. The Labute approximate surface area is 442 Å². The third-order valence-corrected chi connectivity index (χ3v) is 26.4. The summed E-state index contributed by atoms with van der Waals surface area (Å²) in [5, 5.41) is 10.9. The van der Waals surface area contributed by atoms with Crippen molar-refractivity contribution >= 4 is 57.9 Å². The van der Waals surface area contributed by atoms with Crippen molar-refractivity contribution in [1.82, 2.24) is 4.57 Å². The maximum Gasteiger partial charge on any atom is 0.200 e. The molecule has 0 amide bonds. The molecule has 3 heterocycles. The lowest BCUT2D eigenvalue weighted by Gasteiger charge is -2.52. The van der Waals surface area contributed by atoms with Crippen LogP contribution in [0.3, 0.4) is 0 Å². The highest BCUT2D eigenvalue weighted by atomic mass is 28.3. The lowest BCUT2D eigenvalue weighted by Crippen LogP contribution is -2.82. The molecule has 75 heavy (non-hydrogen) atoms. The molecule has 1 aromatic heterocycles. The highest BCUT2D eigenvalue weighted by Crippen LogP contribution is 2.56. The maximum atomic E-state index is 2.91. The van der Waals surface area contributed by atoms with Crippen LogP contribution in [-0.2, 0) is 10.8 Å². The van der Waals surface area contributed by atoms with Gasteiger partial charge in [0.1, 0.15) is 0 Å². The van der Waals surface area contributed by atoms with E-state index in [4.69, 9.17) is 0 Å². The van der Waals surface area contributed by atoms with Crippen LogP contribution >= 0.6 is 0 Å². The van der Waals surface area contributed by atoms with Crippen molar-refractivity contribution in [2.75, 3.05) is 0 Å². The Bertz CT molecular complexity index is 3560. The highest BCUT2D eigenvalue weighted by molar-refractivity contribution is 7.22. The van der Waals surface area contributed by atoms with Gasteiger partial charge in [0, 0.05) is 16.3 Å². The standard InChI is InChI=1S/C72H53NSi2/c1-10-32-54(33-11-1)71(55-34-12-2-13-35-55)63-50-28-30-52-65(63)74(59-42-20-6-21-43-59,60-44-22-7-23-45-60)69-67(71)68-70(73(69)58-40-18-5-19-41-58)75(61-46-24-8-25-47-61,62-48-26-9-27-49-62)66-53-31-29-51-64(66)72(68,56-36-14-3-15-37-56)57-38-16-4-17-39-57/h1-53H. The molecule has 3 heteroatoms. The van der Waals surface area contributed by atoms with E-state index in [0.717, 1.165) is 5.69 Å². The van der Waals surface area contributed by atoms with Crippen molar-refractivity contribution < 1.29 is 0 Å². The quantitative estimate of drug-likeness (QED) is 0.127. The van der Waals surface area contributed by atoms with Crippen LogP contribution in [0, 0.1) is 0 Å². The van der Waals surface area contributed by atoms with E-state index >= 15 is 0 Å². The molecule has 1 nitrogen and oxygen atoms in total. The van der Waals surface area contributed by atoms with E-state index in [2.05, 4.69) is 326 Å². The third kappa shape index (κ3) is 6.17. The Balaban J connectivity index is 1.41. The van der Waals surface area contributed by atoms with E-state index in [0.29, 0.717) is 0 Å². The van der Waals surface area contributed by atoms with Gasteiger partial charge in [-0.05, 0) is 87.8 Å². The van der Waals surface area contributed by atoms with Gasteiger partial charge in [0.2, 0.25) is 0 Å². The minimum absolute atomic E-state index is 0.854. The number of aromatic nitrogens is 1. The SMILES string of the molecule is c1ccc(-n2c3c(c4c2[Si](c2ccccc2)(c2ccccc2)c2ccccc2C4(c2ccccc2)c2ccccc2)C(c2ccccc2)(c2ccccc2)c2ccccc2[Si]3(c2ccccc2)c2ccccc2)cc1. The lowest BCUT2D eigenvalue weighted by molar-refractivity contribution is 0.689. The summed E-state index contributed by atoms with van der Waals surface area (Å²) in [5.74, 6) is 0. The van der Waals surface area contributed by atoms with E-state index in [1.807, 2.05) is 0 Å². The fraction of sp³-hybridized carbons (Fsp3) is 0.0278. The molecule has 0 atom stereocenters. The van der Waals surface area contributed by atoms with E-state index in [1.165, 1.54) is 86.3 Å². The Morgan fingerprint density at radius 1 is 0.227 bits per heavy atom. The predicted octanol–water partition coefficient (Wildman–Crippen LogP) is 10.6. The average molecular weight is 988 g/mol. The van der Waals surface area contributed by atoms with Crippen LogP contribution in [0.25, 0.3) is 5.69 Å². The monoisotopic (exact) mass is 987 g/mol. The first-order chi connectivity index (χ1) is 37.3. The molecule has 0 N–H and O–H groups in total. The number of hydrogen-bond acceptors (Lipinski definition) is 0. The minimum Gasteiger partial charge on any atom is -0.323 e. The van der Waals surface area contributed by atoms with Crippen molar-refractivity contribution in [1.29, 1.82) is 0 Å². The van der Waals surface area contributed by atoms with Crippen LogP contribution in [0.15, 0.2) is 322 Å². The second kappa shape index (κ2) is 18.0. The van der Waals surface area contributed by atoms with Crippen molar-refractivity contribution in [3.8, 4) is 5.69 Å². The van der Waals surface area contributed by atoms with Crippen LogP contribution in [-0.4, -0.2) is 20.7 Å². The largest absolute Gasteiger partial charge is 0.323 e. The van der Waals surface area contributed by atoms with Gasteiger partial charge in [0.15, 0.2) is 16.1 Å². The summed E-state index contributed by atoms with van der Waals surface area (Å²) >= 11 is 0. The summed E-state index contributed by atoms with van der Waals surface area (Å²) in [6.07, 6.45) is 0. The topological polar surface area (TPSA) is 4.93 Å². The first-order valence-corrected chi connectivity index (χ1v) is 30.3. The Kier molecular flexibility index (Phi) is 10.7. The zero-order chi connectivity index (χ0) is 49.9. The molecule has 2 aliphatic rings. The van der Waals surface area contributed by atoms with Gasteiger partial charge in [-0.3, -0.25) is 0 Å². The summed E-state index contributed by atoms with van der Waals surface area (Å²) in [6.45, 7) is 0. The van der Waals surface area contributed by atoms with Gasteiger partial charge >= 0.3 is 0 Å². The first kappa shape index (κ1) is 44.8. The van der Waals surface area contributed by atoms with Crippen molar-refractivity contribution in [2.45, 2.75) is 10.8 Å². The number of para-hydroxylation sites is 1. The second-order valence-electron chi connectivity index (χ2n) is 20.1. The molecular formula is C72H53NSi2. The van der Waals surface area contributed by atoms with Gasteiger partial charge in [-0.2, -0.15) is 0 Å². The van der Waals surface area contributed by atoms with Crippen LogP contribution in [0.1, 0.15) is 44.5 Å². The summed E-state index contributed by atoms with van der Waals surface area (Å²) in [4.78, 5) is 0. The smallest absolute Gasteiger partial charge is 0.200 e. The van der Waals surface area contributed by atoms with Gasteiger partial charge in [0.25, 0.3) is 0 Å².